The normalized spacial score (nSPS) is 12.0. The summed E-state index contributed by atoms with van der Waals surface area (Å²) in [4.78, 5) is 22.8. The maximum atomic E-state index is 11.4. The molecule has 0 aromatic rings. The minimum absolute atomic E-state index is 0.199. The molecule has 136 valence electrons. The van der Waals surface area contributed by atoms with Crippen LogP contribution in [-0.2, 0) is 23.8 Å². The number of esters is 2. The second-order valence-electron chi connectivity index (χ2n) is 6.06. The molecule has 0 fully saturated rings. The minimum Gasteiger partial charge on any atom is -0.464 e. The monoisotopic (exact) mass is 330 g/mol. The van der Waals surface area contributed by atoms with Crippen molar-refractivity contribution in [2.75, 3.05) is 26.4 Å². The Hall–Kier alpha value is -1.10. The van der Waals surface area contributed by atoms with Crippen LogP contribution in [0.5, 0.6) is 0 Å². The Labute approximate surface area is 141 Å². The molecule has 0 heterocycles. The predicted octanol–water partition coefficient (Wildman–Crippen LogP) is 3.89. The highest BCUT2D eigenvalue weighted by atomic mass is 16.6. The largest absolute Gasteiger partial charge is 0.464 e. The third-order valence-electron chi connectivity index (χ3n) is 3.51. The molecule has 0 saturated carbocycles. The fourth-order valence-corrected chi connectivity index (χ4v) is 2.18. The molecule has 0 aliphatic carbocycles. The molecule has 0 spiro atoms. The van der Waals surface area contributed by atoms with E-state index in [1.165, 1.54) is 25.7 Å². The molecule has 0 amide bonds. The van der Waals surface area contributed by atoms with E-state index < -0.39 is 11.9 Å². The Bertz CT molecular complexity index is 304. The number of ether oxygens (including phenoxy) is 3. The highest BCUT2D eigenvalue weighted by Crippen LogP contribution is 2.06. The van der Waals surface area contributed by atoms with Gasteiger partial charge in [-0.15, -0.1) is 0 Å². The van der Waals surface area contributed by atoms with Gasteiger partial charge in [0, 0.05) is 0 Å². The maximum Gasteiger partial charge on any atom is 0.332 e. The summed E-state index contributed by atoms with van der Waals surface area (Å²) < 4.78 is 15.1. The molecule has 1 unspecified atom stereocenters. The summed E-state index contributed by atoms with van der Waals surface area (Å²) in [7, 11) is 0. The highest BCUT2D eigenvalue weighted by molar-refractivity contribution is 5.73. The number of rotatable bonds is 15. The number of hydrogen-bond acceptors (Lipinski definition) is 5. The molecule has 0 rings (SSSR count). The van der Waals surface area contributed by atoms with Crippen molar-refractivity contribution in [2.24, 2.45) is 5.92 Å². The van der Waals surface area contributed by atoms with Crippen LogP contribution in [0.15, 0.2) is 0 Å². The van der Waals surface area contributed by atoms with Gasteiger partial charge in [0.2, 0.25) is 0 Å². The number of carbonyl (C=O) groups excluding carboxylic acids is 2. The van der Waals surface area contributed by atoms with Crippen LogP contribution in [0.25, 0.3) is 0 Å². The first kappa shape index (κ1) is 21.9. The average Bonchev–Trinajstić information content (AvgIpc) is 2.52. The third-order valence-corrected chi connectivity index (χ3v) is 3.51. The number of hydrogen-bond donors (Lipinski definition) is 0. The first-order valence-corrected chi connectivity index (χ1v) is 8.99. The van der Waals surface area contributed by atoms with E-state index in [4.69, 9.17) is 14.2 Å². The average molecular weight is 330 g/mol. The molecular weight excluding hydrogens is 296 g/mol. The third kappa shape index (κ3) is 15.6. The zero-order valence-electron chi connectivity index (χ0n) is 15.1. The summed E-state index contributed by atoms with van der Waals surface area (Å²) in [6, 6.07) is 0. The van der Waals surface area contributed by atoms with E-state index in [0.717, 1.165) is 25.7 Å². The number of unbranched alkanes of at least 4 members (excludes halogenated alkanes) is 5. The van der Waals surface area contributed by atoms with Gasteiger partial charge in [0.05, 0.1) is 13.2 Å². The molecule has 1 atom stereocenters. The smallest absolute Gasteiger partial charge is 0.332 e. The van der Waals surface area contributed by atoms with Gasteiger partial charge in [0.25, 0.3) is 0 Å². The Morgan fingerprint density at radius 3 is 2.09 bits per heavy atom. The highest BCUT2D eigenvalue weighted by Gasteiger charge is 2.09. The van der Waals surface area contributed by atoms with Crippen molar-refractivity contribution < 1.29 is 23.8 Å². The summed E-state index contributed by atoms with van der Waals surface area (Å²) in [6.45, 7) is 6.74. The molecule has 0 bridgehead atoms. The van der Waals surface area contributed by atoms with E-state index in [1.54, 1.807) is 0 Å². The van der Waals surface area contributed by atoms with Gasteiger partial charge in [0.15, 0.2) is 0 Å². The lowest BCUT2D eigenvalue weighted by Crippen LogP contribution is -2.20. The van der Waals surface area contributed by atoms with E-state index >= 15 is 0 Å². The summed E-state index contributed by atoms with van der Waals surface area (Å²) in [5.41, 5.74) is 0. The van der Waals surface area contributed by atoms with Crippen molar-refractivity contribution in [2.45, 2.75) is 72.1 Å². The molecule has 0 N–H and O–H groups in total. The summed E-state index contributed by atoms with van der Waals surface area (Å²) >= 11 is 0. The van der Waals surface area contributed by atoms with Gasteiger partial charge in [-0.3, -0.25) is 0 Å². The van der Waals surface area contributed by atoms with E-state index in [2.05, 4.69) is 13.8 Å². The van der Waals surface area contributed by atoms with Crippen LogP contribution in [0, 0.1) is 5.92 Å². The van der Waals surface area contributed by atoms with Crippen molar-refractivity contribution >= 4 is 11.9 Å². The topological polar surface area (TPSA) is 61.8 Å². The standard InChI is InChI=1S/C18H34O5/c1-4-6-7-8-9-10-12-22-17(19)14-21-15-18(20)23-13-16(3)11-5-2/h16H,4-15H2,1-3H3. The van der Waals surface area contributed by atoms with Gasteiger partial charge in [-0.05, 0) is 18.8 Å². The van der Waals surface area contributed by atoms with Crippen LogP contribution in [0.3, 0.4) is 0 Å². The summed E-state index contributed by atoms with van der Waals surface area (Å²) in [5, 5.41) is 0. The molecule has 0 saturated heterocycles. The van der Waals surface area contributed by atoms with Crippen LogP contribution in [0.1, 0.15) is 72.1 Å². The van der Waals surface area contributed by atoms with Crippen molar-refractivity contribution in [3.05, 3.63) is 0 Å². The summed E-state index contributed by atoms with van der Waals surface area (Å²) in [6.07, 6.45) is 8.98. The van der Waals surface area contributed by atoms with E-state index in [-0.39, 0.29) is 13.2 Å². The van der Waals surface area contributed by atoms with Crippen LogP contribution in [0.4, 0.5) is 0 Å². The molecule has 5 nitrogen and oxygen atoms in total. The first-order chi connectivity index (χ1) is 11.1. The lowest BCUT2D eigenvalue weighted by molar-refractivity contribution is -0.156. The van der Waals surface area contributed by atoms with E-state index in [9.17, 15) is 9.59 Å². The predicted molar refractivity (Wildman–Crippen MR) is 90.2 cm³/mol. The van der Waals surface area contributed by atoms with Crippen LogP contribution in [-0.4, -0.2) is 38.4 Å². The molecular formula is C18H34O5. The molecule has 0 aromatic heterocycles. The maximum absolute atomic E-state index is 11.4. The van der Waals surface area contributed by atoms with Gasteiger partial charge in [-0.25, -0.2) is 9.59 Å². The second-order valence-corrected chi connectivity index (χ2v) is 6.06. The van der Waals surface area contributed by atoms with Gasteiger partial charge < -0.3 is 14.2 Å². The number of carbonyl (C=O) groups is 2. The van der Waals surface area contributed by atoms with Crippen molar-refractivity contribution in [3.8, 4) is 0 Å². The Balaban J connectivity index is 3.43. The van der Waals surface area contributed by atoms with Crippen LogP contribution in [0.2, 0.25) is 0 Å². The van der Waals surface area contributed by atoms with Crippen molar-refractivity contribution in [3.63, 3.8) is 0 Å². The zero-order valence-corrected chi connectivity index (χ0v) is 15.1. The van der Waals surface area contributed by atoms with Gasteiger partial charge >= 0.3 is 11.9 Å². The molecule has 0 aliphatic rings. The van der Waals surface area contributed by atoms with Gasteiger partial charge in [0.1, 0.15) is 13.2 Å². The Morgan fingerprint density at radius 1 is 0.826 bits per heavy atom. The lowest BCUT2D eigenvalue weighted by atomic mass is 10.1. The zero-order chi connectivity index (χ0) is 17.3. The SMILES string of the molecule is CCCCCCCCOC(=O)COCC(=O)OCC(C)CCC. The fourth-order valence-electron chi connectivity index (χ4n) is 2.18. The van der Waals surface area contributed by atoms with E-state index in [0.29, 0.717) is 19.1 Å². The molecule has 0 aromatic carbocycles. The Morgan fingerprint density at radius 2 is 1.43 bits per heavy atom. The Kier molecular flexibility index (Phi) is 15.0. The molecule has 23 heavy (non-hydrogen) atoms. The van der Waals surface area contributed by atoms with Gasteiger partial charge in [-0.2, -0.15) is 0 Å². The quantitative estimate of drug-likeness (QED) is 0.337. The minimum atomic E-state index is -0.434. The van der Waals surface area contributed by atoms with E-state index in [1.807, 2.05) is 6.92 Å². The van der Waals surface area contributed by atoms with Crippen molar-refractivity contribution in [1.82, 2.24) is 0 Å². The first-order valence-electron chi connectivity index (χ1n) is 8.99. The van der Waals surface area contributed by atoms with Crippen LogP contribution < -0.4 is 0 Å². The lowest BCUT2D eigenvalue weighted by Gasteiger charge is -2.11. The summed E-state index contributed by atoms with van der Waals surface area (Å²) in [5.74, 6) is -0.506. The molecule has 0 aliphatic heterocycles. The fraction of sp³-hybridized carbons (Fsp3) is 0.889. The van der Waals surface area contributed by atoms with Crippen molar-refractivity contribution in [1.29, 1.82) is 0 Å². The van der Waals surface area contributed by atoms with Gasteiger partial charge in [-0.1, -0.05) is 59.3 Å². The molecule has 0 radical (unpaired) electrons. The van der Waals surface area contributed by atoms with Crippen LogP contribution >= 0.6 is 0 Å². The molecule has 5 heteroatoms. The second kappa shape index (κ2) is 15.8.